The quantitative estimate of drug-likeness (QED) is 0.856. The highest BCUT2D eigenvalue weighted by atomic mass is 16.2. The van der Waals surface area contributed by atoms with Gasteiger partial charge in [0.2, 0.25) is 0 Å². The fraction of sp³-hybridized carbons (Fsp3) is 0.500. The number of amides is 1. The summed E-state index contributed by atoms with van der Waals surface area (Å²) in [5.74, 6) is 0.552. The van der Waals surface area contributed by atoms with Gasteiger partial charge in [-0.2, -0.15) is 0 Å². The predicted molar refractivity (Wildman–Crippen MR) is 83.6 cm³/mol. The fourth-order valence-electron chi connectivity index (χ4n) is 2.80. The zero-order valence-corrected chi connectivity index (χ0v) is 12.9. The van der Waals surface area contributed by atoms with E-state index in [1.165, 1.54) is 18.4 Å². The Morgan fingerprint density at radius 2 is 2.22 bits per heavy atom. The molecule has 1 saturated heterocycles. The lowest BCUT2D eigenvalue weighted by Gasteiger charge is -2.38. The minimum atomic E-state index is -0.116. The SMILES string of the molecule is O=C(NCC1CC1)c1cn(C2CN(Cc3cccnc3)C2)nn1. The maximum atomic E-state index is 12.0. The summed E-state index contributed by atoms with van der Waals surface area (Å²) in [6, 6.07) is 4.33. The molecular weight excluding hydrogens is 292 g/mol. The van der Waals surface area contributed by atoms with Crippen LogP contribution < -0.4 is 5.32 Å². The summed E-state index contributed by atoms with van der Waals surface area (Å²) in [4.78, 5) is 18.4. The number of hydrogen-bond donors (Lipinski definition) is 1. The molecule has 1 N–H and O–H groups in total. The average Bonchev–Trinajstić information content (AvgIpc) is 3.24. The van der Waals surface area contributed by atoms with Crippen LogP contribution in [0.3, 0.4) is 0 Å². The summed E-state index contributed by atoms with van der Waals surface area (Å²) < 4.78 is 1.81. The van der Waals surface area contributed by atoms with Gasteiger partial charge >= 0.3 is 0 Å². The molecule has 1 aliphatic heterocycles. The standard InChI is InChI=1S/C16H20N6O/c23-16(18-7-12-3-4-12)15-11-22(20-19-15)14-9-21(10-14)8-13-2-1-5-17-6-13/h1-2,5-6,11-12,14H,3-4,7-10H2,(H,18,23). The number of hydrogen-bond acceptors (Lipinski definition) is 5. The molecule has 2 aromatic rings. The van der Waals surface area contributed by atoms with Crippen molar-refractivity contribution in [3.05, 3.63) is 42.0 Å². The number of nitrogens with zero attached hydrogens (tertiary/aromatic N) is 5. The Bertz CT molecular complexity index is 675. The Balaban J connectivity index is 1.28. The molecule has 1 amide bonds. The molecule has 23 heavy (non-hydrogen) atoms. The van der Waals surface area contributed by atoms with E-state index >= 15 is 0 Å². The molecule has 4 rings (SSSR count). The number of carbonyl (C=O) groups excluding carboxylic acids is 1. The first-order valence-electron chi connectivity index (χ1n) is 8.09. The zero-order valence-electron chi connectivity index (χ0n) is 12.9. The first-order chi connectivity index (χ1) is 11.3. The summed E-state index contributed by atoms with van der Waals surface area (Å²) in [6.45, 7) is 3.49. The number of likely N-dealkylation sites (tertiary alicyclic amines) is 1. The Hall–Kier alpha value is -2.28. The van der Waals surface area contributed by atoms with Crippen molar-refractivity contribution in [2.24, 2.45) is 5.92 Å². The van der Waals surface area contributed by atoms with Crippen molar-refractivity contribution in [2.45, 2.75) is 25.4 Å². The van der Waals surface area contributed by atoms with Crippen LogP contribution in [0.15, 0.2) is 30.7 Å². The van der Waals surface area contributed by atoms with E-state index in [1.807, 2.05) is 16.9 Å². The largest absolute Gasteiger partial charge is 0.350 e. The average molecular weight is 312 g/mol. The highest BCUT2D eigenvalue weighted by Gasteiger charge is 2.30. The molecular formula is C16H20N6O. The smallest absolute Gasteiger partial charge is 0.273 e. The van der Waals surface area contributed by atoms with Gasteiger partial charge in [0, 0.05) is 38.6 Å². The van der Waals surface area contributed by atoms with Crippen LogP contribution >= 0.6 is 0 Å². The van der Waals surface area contributed by atoms with Gasteiger partial charge in [-0.05, 0) is 30.4 Å². The molecule has 3 heterocycles. The fourth-order valence-corrected chi connectivity index (χ4v) is 2.80. The molecule has 1 saturated carbocycles. The molecule has 120 valence electrons. The summed E-state index contributed by atoms with van der Waals surface area (Å²) >= 11 is 0. The normalized spacial score (nSPS) is 18.6. The molecule has 2 aromatic heterocycles. The Morgan fingerprint density at radius 1 is 1.35 bits per heavy atom. The second kappa shape index (κ2) is 6.08. The topological polar surface area (TPSA) is 75.9 Å². The molecule has 0 atom stereocenters. The first kappa shape index (κ1) is 14.3. The molecule has 0 bridgehead atoms. The Labute approximate surface area is 134 Å². The lowest BCUT2D eigenvalue weighted by atomic mass is 10.1. The van der Waals surface area contributed by atoms with E-state index in [0.29, 0.717) is 17.7 Å². The molecule has 7 nitrogen and oxygen atoms in total. The Kier molecular flexibility index (Phi) is 3.78. The van der Waals surface area contributed by atoms with Crippen LogP contribution in [0.1, 0.15) is 34.9 Å². The van der Waals surface area contributed by atoms with E-state index in [0.717, 1.165) is 26.2 Å². The second-order valence-electron chi connectivity index (χ2n) is 6.45. The van der Waals surface area contributed by atoms with Crippen molar-refractivity contribution < 1.29 is 4.79 Å². The molecule has 2 aliphatic rings. The summed E-state index contributed by atoms with van der Waals surface area (Å²) in [5.41, 5.74) is 1.63. The van der Waals surface area contributed by atoms with Crippen molar-refractivity contribution in [1.82, 2.24) is 30.2 Å². The number of rotatable bonds is 6. The monoisotopic (exact) mass is 312 g/mol. The summed E-state index contributed by atoms with van der Waals surface area (Å²) in [7, 11) is 0. The van der Waals surface area contributed by atoms with E-state index in [-0.39, 0.29) is 5.91 Å². The van der Waals surface area contributed by atoms with Crippen molar-refractivity contribution >= 4 is 5.91 Å². The number of carbonyl (C=O) groups is 1. The highest BCUT2D eigenvalue weighted by Crippen LogP contribution is 2.27. The molecule has 2 fully saturated rings. The van der Waals surface area contributed by atoms with Gasteiger partial charge in [-0.3, -0.25) is 14.7 Å². The maximum absolute atomic E-state index is 12.0. The van der Waals surface area contributed by atoms with Gasteiger partial charge in [-0.1, -0.05) is 11.3 Å². The van der Waals surface area contributed by atoms with Gasteiger partial charge in [0.15, 0.2) is 5.69 Å². The Morgan fingerprint density at radius 3 is 2.96 bits per heavy atom. The number of nitrogens with one attached hydrogen (secondary N) is 1. The van der Waals surface area contributed by atoms with Crippen LogP contribution in [-0.2, 0) is 6.54 Å². The summed E-state index contributed by atoms with van der Waals surface area (Å²) in [6.07, 6.45) is 7.89. The van der Waals surface area contributed by atoms with Crippen molar-refractivity contribution in [3.8, 4) is 0 Å². The van der Waals surface area contributed by atoms with Crippen LogP contribution in [-0.4, -0.2) is 50.4 Å². The van der Waals surface area contributed by atoms with Crippen LogP contribution in [0.5, 0.6) is 0 Å². The molecule has 7 heteroatoms. The third kappa shape index (κ3) is 3.39. The predicted octanol–water partition coefficient (Wildman–Crippen LogP) is 0.870. The number of aromatic nitrogens is 4. The van der Waals surface area contributed by atoms with Gasteiger partial charge < -0.3 is 5.32 Å². The minimum absolute atomic E-state index is 0.116. The van der Waals surface area contributed by atoms with Crippen LogP contribution in [0.2, 0.25) is 0 Å². The van der Waals surface area contributed by atoms with E-state index < -0.39 is 0 Å². The minimum Gasteiger partial charge on any atom is -0.350 e. The van der Waals surface area contributed by atoms with Crippen molar-refractivity contribution in [3.63, 3.8) is 0 Å². The maximum Gasteiger partial charge on any atom is 0.273 e. The third-order valence-corrected chi connectivity index (χ3v) is 4.43. The van der Waals surface area contributed by atoms with E-state index in [1.54, 1.807) is 12.4 Å². The van der Waals surface area contributed by atoms with Gasteiger partial charge in [-0.15, -0.1) is 5.10 Å². The highest BCUT2D eigenvalue weighted by molar-refractivity contribution is 5.91. The second-order valence-corrected chi connectivity index (χ2v) is 6.45. The molecule has 1 aliphatic carbocycles. The third-order valence-electron chi connectivity index (χ3n) is 4.43. The number of pyridine rings is 1. The van der Waals surface area contributed by atoms with Gasteiger partial charge in [-0.25, -0.2) is 4.68 Å². The van der Waals surface area contributed by atoms with Crippen molar-refractivity contribution in [2.75, 3.05) is 19.6 Å². The van der Waals surface area contributed by atoms with Crippen LogP contribution in [0.25, 0.3) is 0 Å². The lowest BCUT2D eigenvalue weighted by molar-refractivity contribution is 0.0894. The van der Waals surface area contributed by atoms with Crippen LogP contribution in [0, 0.1) is 5.92 Å². The van der Waals surface area contributed by atoms with E-state index in [9.17, 15) is 4.79 Å². The van der Waals surface area contributed by atoms with Gasteiger partial charge in [0.1, 0.15) is 0 Å². The lowest BCUT2D eigenvalue weighted by Crippen LogP contribution is -2.47. The van der Waals surface area contributed by atoms with Gasteiger partial charge in [0.05, 0.1) is 12.2 Å². The van der Waals surface area contributed by atoms with Crippen LogP contribution in [0.4, 0.5) is 0 Å². The summed E-state index contributed by atoms with van der Waals surface area (Å²) in [5, 5.41) is 11.0. The van der Waals surface area contributed by atoms with Crippen molar-refractivity contribution in [1.29, 1.82) is 0 Å². The first-order valence-corrected chi connectivity index (χ1v) is 8.09. The molecule has 0 aromatic carbocycles. The zero-order chi connectivity index (χ0) is 15.6. The molecule has 0 radical (unpaired) electrons. The van der Waals surface area contributed by atoms with Gasteiger partial charge in [0.25, 0.3) is 5.91 Å². The molecule has 0 unspecified atom stereocenters. The molecule has 0 spiro atoms. The van der Waals surface area contributed by atoms with E-state index in [4.69, 9.17) is 0 Å². The van der Waals surface area contributed by atoms with E-state index in [2.05, 4.69) is 31.6 Å².